The van der Waals surface area contributed by atoms with Crippen molar-refractivity contribution in [3.8, 4) is 0 Å². The summed E-state index contributed by atoms with van der Waals surface area (Å²) in [4.78, 5) is 0.485. The molecular weight excluding hydrogens is 320 g/mol. The van der Waals surface area contributed by atoms with E-state index >= 15 is 0 Å². The fraction of sp³-hybridized carbons (Fsp3) is 0.400. The average Bonchev–Trinajstić information content (AvgIpc) is 3.35. The largest absolute Gasteiger partial charge is 0.0836 e. The van der Waals surface area contributed by atoms with Gasteiger partial charge in [0.15, 0.2) is 0 Å². The molecule has 0 heterocycles. The zero-order chi connectivity index (χ0) is 14.8. The highest BCUT2D eigenvalue weighted by Gasteiger charge is 2.43. The molecule has 0 N–H and O–H groups in total. The van der Waals surface area contributed by atoms with E-state index in [9.17, 15) is 0 Å². The molecule has 3 rings (SSSR count). The van der Waals surface area contributed by atoms with E-state index in [1.165, 1.54) is 28.7 Å². The first-order chi connectivity index (χ1) is 10.2. The molecule has 1 aliphatic rings. The van der Waals surface area contributed by atoms with Crippen molar-refractivity contribution >= 4 is 15.9 Å². The number of aryl methyl sites for hydroxylation is 2. The topological polar surface area (TPSA) is 0 Å². The first-order valence-electron chi connectivity index (χ1n) is 8.05. The van der Waals surface area contributed by atoms with E-state index in [1.54, 1.807) is 0 Å². The van der Waals surface area contributed by atoms with Crippen LogP contribution in [-0.4, -0.2) is 0 Å². The molecule has 21 heavy (non-hydrogen) atoms. The summed E-state index contributed by atoms with van der Waals surface area (Å²) < 4.78 is 0. The van der Waals surface area contributed by atoms with Crippen molar-refractivity contribution in [2.75, 3.05) is 0 Å². The molecule has 1 saturated carbocycles. The van der Waals surface area contributed by atoms with Gasteiger partial charge >= 0.3 is 0 Å². The van der Waals surface area contributed by atoms with Crippen molar-refractivity contribution in [3.05, 3.63) is 70.8 Å². The van der Waals surface area contributed by atoms with Gasteiger partial charge in [-0.3, -0.25) is 0 Å². The van der Waals surface area contributed by atoms with Gasteiger partial charge in [0.2, 0.25) is 0 Å². The van der Waals surface area contributed by atoms with Gasteiger partial charge in [0.25, 0.3) is 0 Å². The fourth-order valence-electron chi connectivity index (χ4n) is 3.36. The molecule has 2 aromatic rings. The zero-order valence-electron chi connectivity index (χ0n) is 12.9. The van der Waals surface area contributed by atoms with Crippen LogP contribution in [-0.2, 0) is 12.8 Å². The molecule has 1 aliphatic carbocycles. The highest BCUT2D eigenvalue weighted by molar-refractivity contribution is 9.09. The number of hydrogen-bond acceptors (Lipinski definition) is 0. The monoisotopic (exact) mass is 342 g/mol. The quantitative estimate of drug-likeness (QED) is 0.580. The van der Waals surface area contributed by atoms with Gasteiger partial charge in [0.05, 0.1) is 0 Å². The van der Waals surface area contributed by atoms with E-state index in [4.69, 9.17) is 0 Å². The minimum atomic E-state index is 0.485. The summed E-state index contributed by atoms with van der Waals surface area (Å²) in [6.07, 6.45) is 3.56. The van der Waals surface area contributed by atoms with Gasteiger partial charge in [-0.05, 0) is 53.4 Å². The summed E-state index contributed by atoms with van der Waals surface area (Å²) in [7, 11) is 0. The number of benzene rings is 2. The summed E-state index contributed by atoms with van der Waals surface area (Å²) in [6.45, 7) is 4.50. The van der Waals surface area contributed by atoms with E-state index < -0.39 is 0 Å². The Morgan fingerprint density at radius 1 is 1.00 bits per heavy atom. The Balaban J connectivity index is 1.76. The molecule has 2 aromatic carbocycles. The van der Waals surface area contributed by atoms with Crippen LogP contribution in [0.25, 0.3) is 0 Å². The first-order valence-corrected chi connectivity index (χ1v) is 8.96. The third-order valence-corrected chi connectivity index (χ3v) is 5.96. The molecule has 0 aromatic heterocycles. The molecule has 0 amide bonds. The number of rotatable bonds is 5. The molecule has 1 fully saturated rings. The molecule has 0 saturated heterocycles. The van der Waals surface area contributed by atoms with Gasteiger partial charge in [-0.25, -0.2) is 0 Å². The van der Waals surface area contributed by atoms with Crippen molar-refractivity contribution < 1.29 is 0 Å². The van der Waals surface area contributed by atoms with Crippen molar-refractivity contribution in [1.82, 2.24) is 0 Å². The molecule has 0 aliphatic heterocycles. The van der Waals surface area contributed by atoms with Crippen molar-refractivity contribution in [3.63, 3.8) is 0 Å². The third-order valence-electron chi connectivity index (χ3n) is 4.75. The summed E-state index contributed by atoms with van der Waals surface area (Å²) >= 11 is 3.96. The minimum absolute atomic E-state index is 0.485. The van der Waals surface area contributed by atoms with Crippen LogP contribution >= 0.6 is 15.9 Å². The van der Waals surface area contributed by atoms with Crippen LogP contribution in [0.5, 0.6) is 0 Å². The Bertz CT molecular complexity index is 602. The molecule has 0 bridgehead atoms. The predicted octanol–water partition coefficient (Wildman–Crippen LogP) is 6.05. The number of alkyl halides is 1. The molecular formula is C20H23Br. The summed E-state index contributed by atoms with van der Waals surface area (Å²) in [5, 5.41) is 0. The fourth-order valence-corrected chi connectivity index (χ4v) is 4.23. The molecule has 0 radical (unpaired) electrons. The van der Waals surface area contributed by atoms with E-state index in [0.29, 0.717) is 4.83 Å². The Kier molecular flexibility index (Phi) is 4.49. The van der Waals surface area contributed by atoms with E-state index in [2.05, 4.69) is 78.3 Å². The second kappa shape index (κ2) is 6.36. The van der Waals surface area contributed by atoms with Gasteiger partial charge in [0.1, 0.15) is 0 Å². The Labute approximate surface area is 136 Å². The number of halogens is 1. The first kappa shape index (κ1) is 14.8. The highest BCUT2D eigenvalue weighted by atomic mass is 79.9. The van der Waals surface area contributed by atoms with Crippen LogP contribution in [0, 0.1) is 5.92 Å². The smallest absolute Gasteiger partial charge is 0.0429 e. The third kappa shape index (κ3) is 3.08. The molecule has 110 valence electrons. The maximum atomic E-state index is 3.96. The van der Waals surface area contributed by atoms with Crippen molar-refractivity contribution in [1.29, 1.82) is 0 Å². The van der Waals surface area contributed by atoms with Gasteiger partial charge in [0, 0.05) is 4.83 Å². The molecule has 0 nitrogen and oxygen atoms in total. The van der Waals surface area contributed by atoms with E-state index in [0.717, 1.165) is 24.7 Å². The van der Waals surface area contributed by atoms with Gasteiger partial charge in [-0.2, -0.15) is 0 Å². The second-order valence-corrected chi connectivity index (χ2v) is 7.04. The molecule has 0 spiro atoms. The van der Waals surface area contributed by atoms with E-state index in [-0.39, 0.29) is 0 Å². The van der Waals surface area contributed by atoms with Gasteiger partial charge in [-0.15, -0.1) is 0 Å². The van der Waals surface area contributed by atoms with Gasteiger partial charge < -0.3 is 0 Å². The van der Waals surface area contributed by atoms with Crippen LogP contribution in [0.1, 0.15) is 53.3 Å². The van der Waals surface area contributed by atoms with Crippen LogP contribution in [0.3, 0.4) is 0 Å². The molecule has 3 unspecified atom stereocenters. The number of hydrogen-bond donors (Lipinski definition) is 0. The highest BCUT2D eigenvalue weighted by Crippen LogP contribution is 2.57. The van der Waals surface area contributed by atoms with Crippen LogP contribution in [0.4, 0.5) is 0 Å². The standard InChI is InChI=1S/C20H23Br/c1-3-14-10-11-17(12-15(14)4-2)20(21)19-13-18(19)16-8-6-5-7-9-16/h5-12,18-20H,3-4,13H2,1-2H3. The van der Waals surface area contributed by atoms with E-state index in [1.807, 2.05) is 0 Å². The summed E-state index contributed by atoms with van der Waals surface area (Å²) in [5.74, 6) is 1.47. The predicted molar refractivity (Wildman–Crippen MR) is 94.2 cm³/mol. The van der Waals surface area contributed by atoms with Crippen LogP contribution in [0.2, 0.25) is 0 Å². The van der Waals surface area contributed by atoms with Crippen molar-refractivity contribution in [2.45, 2.75) is 43.9 Å². The van der Waals surface area contributed by atoms with Crippen LogP contribution in [0.15, 0.2) is 48.5 Å². The lowest BCUT2D eigenvalue weighted by atomic mass is 9.97. The normalized spacial score (nSPS) is 22.0. The maximum absolute atomic E-state index is 3.96. The second-order valence-electron chi connectivity index (χ2n) is 6.05. The minimum Gasteiger partial charge on any atom is -0.0836 e. The zero-order valence-corrected chi connectivity index (χ0v) is 14.4. The lowest BCUT2D eigenvalue weighted by molar-refractivity contribution is 0.784. The Morgan fingerprint density at radius 3 is 2.38 bits per heavy atom. The lowest BCUT2D eigenvalue weighted by Crippen LogP contribution is -1.98. The molecule has 3 atom stereocenters. The Hall–Kier alpha value is -1.08. The Morgan fingerprint density at radius 2 is 1.71 bits per heavy atom. The lowest BCUT2D eigenvalue weighted by Gasteiger charge is -2.14. The summed E-state index contributed by atoms with van der Waals surface area (Å²) in [5.41, 5.74) is 5.95. The summed E-state index contributed by atoms with van der Waals surface area (Å²) in [6, 6.07) is 18.0. The maximum Gasteiger partial charge on any atom is 0.0429 e. The average molecular weight is 343 g/mol. The SMILES string of the molecule is CCc1ccc(C(Br)C2CC2c2ccccc2)cc1CC. The van der Waals surface area contributed by atoms with Gasteiger partial charge in [-0.1, -0.05) is 78.3 Å². The molecule has 1 heteroatoms. The van der Waals surface area contributed by atoms with Crippen molar-refractivity contribution in [2.24, 2.45) is 5.92 Å². The van der Waals surface area contributed by atoms with Crippen LogP contribution < -0.4 is 0 Å².